The van der Waals surface area contributed by atoms with Crippen LogP contribution in [0.15, 0.2) is 85.2 Å². The maximum absolute atomic E-state index is 14.8. The molecule has 2 fully saturated rings. The predicted octanol–water partition coefficient (Wildman–Crippen LogP) is 5.55. The Morgan fingerprint density at radius 1 is 1.03 bits per heavy atom. The number of carbonyl (C=O) groups excluding carboxylic acids is 5. The molecular formula is C54H66N8O8. The molecule has 3 aromatic carbocycles. The van der Waals surface area contributed by atoms with Gasteiger partial charge in [-0.2, -0.15) is 0 Å². The fraction of sp³-hybridized carbons (Fsp3) is 0.444. The number of carbonyl (C=O) groups is 5. The normalized spacial score (nSPS) is 20.6. The van der Waals surface area contributed by atoms with E-state index in [1.165, 1.54) is 21.9 Å². The largest absolute Gasteiger partial charge is 0.508 e. The molecule has 16 nitrogen and oxygen atoms in total. The SMILES string of the molecule is CCn1c(-c2cnccc2COC)c2c3cc(ccc31)-c1cc(O)cc(c1)C[C@H](NC(=O)[C@H](C(C)C)N(C)C(=O)CN(C)C(=O)[C@@H]1N[C@H]1c1ccccc1)C(=O)N1CCC[C@H](N1)C(=O)OCC(C)(C)C2. The quantitative estimate of drug-likeness (QED) is 0.0905. The maximum atomic E-state index is 14.8. The molecule has 0 unspecified atom stereocenters. The molecule has 5 aromatic rings. The summed E-state index contributed by atoms with van der Waals surface area (Å²) in [4.78, 5) is 77.8. The molecule has 70 heavy (non-hydrogen) atoms. The van der Waals surface area contributed by atoms with Gasteiger partial charge >= 0.3 is 5.97 Å². The molecule has 16 heteroatoms. The number of fused-ring (bicyclic) bond motifs is 6. The topological polar surface area (TPSA) is 198 Å². The van der Waals surface area contributed by atoms with Crippen LogP contribution in [0.1, 0.15) is 75.8 Å². The third-order valence-electron chi connectivity index (χ3n) is 13.8. The van der Waals surface area contributed by atoms with E-state index in [0.717, 1.165) is 44.4 Å². The molecular weight excluding hydrogens is 889 g/mol. The zero-order valence-electron chi connectivity index (χ0n) is 41.5. The van der Waals surface area contributed by atoms with Crippen LogP contribution in [-0.2, 0) is 59.4 Å². The highest BCUT2D eigenvalue weighted by Crippen LogP contribution is 2.41. The standard InChI is InChI=1S/C54H66N8O8/c1-9-61-44-18-17-35-26-39(44)40(49(61)41-28-55-20-19-36(41)30-69-8)27-54(4,5)31-70-53(68)42-16-13-21-62(58-42)51(66)43(24-33-22-37(35)25-38(63)23-33)56-50(65)48(32(2)3)60(7)45(64)29-59(6)52(67)47-46(57-47)34-14-11-10-12-15-34/h10-12,14-15,17-20,22-23,25-26,28,32,42-43,46-48,57-58,63H,9,13,16,21,24,27,29-31H2,1-8H3,(H,56,65)/t42-,43-,46-,47+,48-/m0/s1. The Hall–Kier alpha value is -6.62. The molecule has 4 amide bonds. The molecule has 2 aromatic heterocycles. The molecule has 0 radical (unpaired) electrons. The number of phenols is 1. The average molecular weight is 955 g/mol. The van der Waals surface area contributed by atoms with Crippen LogP contribution in [0.2, 0.25) is 0 Å². The van der Waals surface area contributed by atoms with E-state index in [9.17, 15) is 29.1 Å². The lowest BCUT2D eigenvalue weighted by atomic mass is 9.84. The first-order chi connectivity index (χ1) is 33.5. The summed E-state index contributed by atoms with van der Waals surface area (Å²) >= 11 is 0. The Bertz CT molecular complexity index is 2770. The minimum Gasteiger partial charge on any atom is -0.508 e. The number of rotatable bonds is 12. The fourth-order valence-electron chi connectivity index (χ4n) is 10.2. The minimum atomic E-state index is -1.19. The van der Waals surface area contributed by atoms with Crippen molar-refractivity contribution in [2.45, 2.75) is 104 Å². The number of nitrogens with one attached hydrogen (secondary N) is 3. The highest BCUT2D eigenvalue weighted by atomic mass is 16.5. The van der Waals surface area contributed by atoms with Crippen molar-refractivity contribution in [3.63, 3.8) is 0 Å². The number of benzene rings is 3. The number of nitrogens with zero attached hydrogens (tertiary/aromatic N) is 5. The first-order valence-corrected chi connectivity index (χ1v) is 24.2. The van der Waals surface area contributed by atoms with Crippen LogP contribution < -0.4 is 16.1 Å². The number of cyclic esters (lactones) is 1. The van der Waals surface area contributed by atoms with Crippen LogP contribution in [-0.4, -0.2) is 124 Å². The summed E-state index contributed by atoms with van der Waals surface area (Å²) in [7, 11) is 4.76. The predicted molar refractivity (Wildman–Crippen MR) is 266 cm³/mol. The number of methoxy groups -OCH3 is 1. The summed E-state index contributed by atoms with van der Waals surface area (Å²) in [6.07, 6.45) is 5.07. The second-order valence-corrected chi connectivity index (χ2v) is 20.1. The van der Waals surface area contributed by atoms with Gasteiger partial charge in [-0.1, -0.05) is 70.2 Å². The average Bonchev–Trinajstić information content (AvgIpc) is 4.09. The molecule has 4 N–H and O–H groups in total. The Balaban J connectivity index is 1.13. The second kappa shape index (κ2) is 20.8. The number of phenolic OH excluding ortho intramolecular Hbond substituents is 1. The molecule has 5 atom stereocenters. The maximum Gasteiger partial charge on any atom is 0.324 e. The van der Waals surface area contributed by atoms with Gasteiger partial charge in [0.05, 0.1) is 31.5 Å². The first kappa shape index (κ1) is 49.8. The Morgan fingerprint density at radius 2 is 1.80 bits per heavy atom. The van der Waals surface area contributed by atoms with E-state index < -0.39 is 59.2 Å². The molecule has 0 aliphatic carbocycles. The lowest BCUT2D eigenvalue weighted by molar-refractivity contribution is -0.155. The van der Waals surface area contributed by atoms with Crippen LogP contribution in [0.25, 0.3) is 33.3 Å². The lowest BCUT2D eigenvalue weighted by Crippen LogP contribution is -2.62. The van der Waals surface area contributed by atoms with Crippen LogP contribution in [0, 0.1) is 11.3 Å². The molecule has 0 saturated carbocycles. The first-order valence-electron chi connectivity index (χ1n) is 24.2. The van der Waals surface area contributed by atoms with Crippen molar-refractivity contribution in [1.82, 2.24) is 40.4 Å². The minimum absolute atomic E-state index is 0.0216. The summed E-state index contributed by atoms with van der Waals surface area (Å²) in [5, 5.41) is 19.9. The second-order valence-electron chi connectivity index (χ2n) is 20.1. The van der Waals surface area contributed by atoms with Gasteiger partial charge in [0.1, 0.15) is 29.9 Å². The molecule has 3 aliphatic rings. The number of hydrogen-bond acceptors (Lipinski definition) is 11. The number of aromatic nitrogens is 2. The van der Waals surface area contributed by atoms with Gasteiger partial charge in [0.25, 0.3) is 5.91 Å². The summed E-state index contributed by atoms with van der Waals surface area (Å²) < 4.78 is 14.0. The fourth-order valence-corrected chi connectivity index (χ4v) is 10.2. The Labute approximate surface area is 409 Å². The molecule has 8 rings (SSSR count). The lowest BCUT2D eigenvalue weighted by Gasteiger charge is -2.37. The van der Waals surface area contributed by atoms with Gasteiger partial charge in [0, 0.05) is 75.0 Å². The third kappa shape index (κ3) is 10.6. The number of aryl methyl sites for hydroxylation is 1. The van der Waals surface area contributed by atoms with Gasteiger partial charge in [-0.3, -0.25) is 39.3 Å². The van der Waals surface area contributed by atoms with E-state index in [1.807, 2.05) is 68.6 Å². The monoisotopic (exact) mass is 955 g/mol. The number of ether oxygens (including phenoxy) is 2. The number of aromatic hydroxyl groups is 1. The number of hydrazine groups is 1. The Kier molecular flexibility index (Phi) is 14.8. The summed E-state index contributed by atoms with van der Waals surface area (Å²) in [5.41, 5.74) is 10.6. The van der Waals surface area contributed by atoms with Crippen molar-refractivity contribution >= 4 is 40.5 Å². The molecule has 5 heterocycles. The van der Waals surface area contributed by atoms with Crippen LogP contribution >= 0.6 is 0 Å². The van der Waals surface area contributed by atoms with E-state index in [0.29, 0.717) is 43.5 Å². The third-order valence-corrected chi connectivity index (χ3v) is 13.8. The van der Waals surface area contributed by atoms with Gasteiger partial charge in [-0.15, -0.1) is 0 Å². The molecule has 370 valence electrons. The number of amides is 4. The van der Waals surface area contributed by atoms with Crippen LogP contribution in [0.3, 0.4) is 0 Å². The van der Waals surface area contributed by atoms with Crippen molar-refractivity contribution in [3.05, 3.63) is 107 Å². The van der Waals surface area contributed by atoms with Gasteiger partial charge in [-0.05, 0) is 95.8 Å². The smallest absolute Gasteiger partial charge is 0.324 e. The molecule has 0 spiro atoms. The summed E-state index contributed by atoms with van der Waals surface area (Å²) in [5.74, 6) is -2.66. The van der Waals surface area contributed by atoms with Crippen molar-refractivity contribution in [2.75, 3.05) is 40.9 Å². The van der Waals surface area contributed by atoms with Crippen molar-refractivity contribution in [1.29, 1.82) is 0 Å². The Morgan fingerprint density at radius 3 is 2.53 bits per heavy atom. The van der Waals surface area contributed by atoms with Gasteiger partial charge in [0.15, 0.2) is 0 Å². The van der Waals surface area contributed by atoms with Gasteiger partial charge < -0.3 is 34.3 Å². The van der Waals surface area contributed by atoms with E-state index in [1.54, 1.807) is 32.5 Å². The number of pyridine rings is 1. The summed E-state index contributed by atoms with van der Waals surface area (Å²) in [6.45, 7) is 11.0. The zero-order chi connectivity index (χ0) is 50.0. The molecule has 3 aliphatic heterocycles. The highest BCUT2D eigenvalue weighted by Gasteiger charge is 2.45. The highest BCUT2D eigenvalue weighted by molar-refractivity contribution is 5.96. The summed E-state index contributed by atoms with van der Waals surface area (Å²) in [6, 6.07) is 19.3. The van der Waals surface area contributed by atoms with E-state index in [-0.39, 0.29) is 43.8 Å². The van der Waals surface area contributed by atoms with E-state index in [2.05, 4.69) is 58.5 Å². The van der Waals surface area contributed by atoms with Crippen LogP contribution in [0.5, 0.6) is 5.75 Å². The van der Waals surface area contributed by atoms with Crippen molar-refractivity contribution in [3.8, 4) is 28.1 Å². The van der Waals surface area contributed by atoms with Gasteiger partial charge in [-0.25, -0.2) is 5.43 Å². The zero-order valence-corrected chi connectivity index (χ0v) is 41.5. The number of hydrogen-bond donors (Lipinski definition) is 4. The molecule has 2 saturated heterocycles. The number of esters is 1. The van der Waals surface area contributed by atoms with Crippen molar-refractivity contribution < 1.29 is 38.6 Å². The van der Waals surface area contributed by atoms with E-state index >= 15 is 0 Å². The van der Waals surface area contributed by atoms with Crippen LogP contribution in [0.4, 0.5) is 0 Å². The van der Waals surface area contributed by atoms with Crippen molar-refractivity contribution in [2.24, 2.45) is 11.3 Å². The van der Waals surface area contributed by atoms with E-state index in [4.69, 9.17) is 9.47 Å². The molecule has 6 bridgehead atoms. The van der Waals surface area contributed by atoms with Gasteiger partial charge in [0.2, 0.25) is 17.7 Å². The number of likely N-dealkylation sites (N-methyl/N-ethyl adjacent to an activating group) is 2.